The number of hydrogen-bond acceptors (Lipinski definition) is 5. The van der Waals surface area contributed by atoms with E-state index in [-0.39, 0.29) is 29.6 Å². The molecule has 2 unspecified atom stereocenters. The highest BCUT2D eigenvalue weighted by Crippen LogP contribution is 2.21. The van der Waals surface area contributed by atoms with Gasteiger partial charge in [-0.3, -0.25) is 9.59 Å². The molecule has 1 fully saturated rings. The number of sulfone groups is 1. The van der Waals surface area contributed by atoms with E-state index in [0.717, 1.165) is 12.0 Å². The van der Waals surface area contributed by atoms with Gasteiger partial charge in [0.15, 0.2) is 16.4 Å². The number of hydrogen-bond donors (Lipinski definition) is 0. The molecule has 0 radical (unpaired) electrons. The minimum Gasteiger partial charge on any atom is -0.456 e. The Balaban J connectivity index is 1.79. The van der Waals surface area contributed by atoms with Gasteiger partial charge in [0.05, 0.1) is 17.1 Å². The number of carbonyl (C=O) groups is 2. The number of amides is 1. The molecule has 0 saturated carbocycles. The summed E-state index contributed by atoms with van der Waals surface area (Å²) in [7, 11) is -3.54. The second-order valence-corrected chi connectivity index (χ2v) is 9.40. The fraction of sp³-hybridized carbons (Fsp3) is 0.579. The molecule has 1 aromatic carbocycles. The van der Waals surface area contributed by atoms with E-state index in [1.807, 2.05) is 6.92 Å². The number of piperidine rings is 1. The summed E-state index contributed by atoms with van der Waals surface area (Å²) in [4.78, 5) is 25.9. The molecular formula is C19H27NO5S. The molecule has 144 valence electrons. The molecule has 1 aliphatic heterocycles. The highest BCUT2D eigenvalue weighted by Gasteiger charge is 2.26. The summed E-state index contributed by atoms with van der Waals surface area (Å²) in [5.74, 6) is -0.373. The smallest absolute Gasteiger partial charge is 0.307 e. The van der Waals surface area contributed by atoms with Crippen molar-refractivity contribution >= 4 is 21.7 Å². The Bertz CT molecular complexity index is 732. The fourth-order valence-corrected chi connectivity index (χ4v) is 4.48. The number of rotatable bonds is 6. The molecule has 2 rings (SSSR count). The number of carbonyl (C=O) groups excluding carboxylic acids is 2. The maximum atomic E-state index is 12.2. The maximum Gasteiger partial charge on any atom is 0.307 e. The van der Waals surface area contributed by atoms with Crippen LogP contribution >= 0.6 is 0 Å². The second-order valence-electron chi connectivity index (χ2n) is 7.29. The first kappa shape index (κ1) is 20.4. The van der Waals surface area contributed by atoms with Crippen LogP contribution in [0, 0.1) is 18.8 Å². The Kier molecular flexibility index (Phi) is 6.81. The minimum absolute atomic E-state index is 0.184. The predicted molar refractivity (Wildman–Crippen MR) is 98.3 cm³/mol. The molecule has 1 amide bonds. The van der Waals surface area contributed by atoms with Gasteiger partial charge in [0.2, 0.25) is 0 Å². The van der Waals surface area contributed by atoms with Crippen LogP contribution in [0.4, 0.5) is 0 Å². The van der Waals surface area contributed by atoms with Crippen LogP contribution in [-0.2, 0) is 24.2 Å². The number of ether oxygens (including phenoxy) is 1. The summed E-state index contributed by atoms with van der Waals surface area (Å²) in [6, 6.07) is 6.48. The lowest BCUT2D eigenvalue weighted by Crippen LogP contribution is -2.44. The predicted octanol–water partition coefficient (Wildman–Crippen LogP) is 2.21. The molecule has 0 bridgehead atoms. The van der Waals surface area contributed by atoms with Crippen LogP contribution in [0.15, 0.2) is 29.2 Å². The summed E-state index contributed by atoms with van der Waals surface area (Å²) < 4.78 is 29.4. The van der Waals surface area contributed by atoms with Crippen LogP contribution in [0.25, 0.3) is 0 Å². The molecule has 0 aromatic heterocycles. The molecule has 1 aromatic rings. The zero-order chi connectivity index (χ0) is 19.3. The standard InChI is InChI=1S/C19H27NO5S/c1-14-4-6-17(7-5-14)26(23,24)9-8-19(22)25-13-18(21)20-11-15(2)10-16(3)12-20/h4-7,15-16H,8-13H2,1-3H3. The quantitative estimate of drug-likeness (QED) is 0.706. The van der Waals surface area contributed by atoms with Gasteiger partial charge < -0.3 is 9.64 Å². The number of likely N-dealkylation sites (tertiary alicyclic amines) is 1. The lowest BCUT2D eigenvalue weighted by atomic mass is 9.92. The molecule has 7 heteroatoms. The van der Waals surface area contributed by atoms with Gasteiger partial charge in [-0.05, 0) is 37.3 Å². The maximum absolute atomic E-state index is 12.2. The third-order valence-corrected chi connectivity index (χ3v) is 6.27. The molecule has 2 atom stereocenters. The summed E-state index contributed by atoms with van der Waals surface area (Å²) in [6.45, 7) is 7.07. The van der Waals surface area contributed by atoms with E-state index in [9.17, 15) is 18.0 Å². The molecule has 6 nitrogen and oxygen atoms in total. The van der Waals surface area contributed by atoms with Crippen LogP contribution in [0.2, 0.25) is 0 Å². The van der Waals surface area contributed by atoms with Crippen molar-refractivity contribution in [1.29, 1.82) is 0 Å². The molecule has 0 aliphatic carbocycles. The summed E-state index contributed by atoms with van der Waals surface area (Å²) in [5, 5.41) is 0. The number of benzene rings is 1. The van der Waals surface area contributed by atoms with Crippen LogP contribution in [0.1, 0.15) is 32.3 Å². The molecule has 1 saturated heterocycles. The van der Waals surface area contributed by atoms with E-state index in [2.05, 4.69) is 13.8 Å². The molecule has 26 heavy (non-hydrogen) atoms. The summed E-state index contributed by atoms with van der Waals surface area (Å²) in [5.41, 5.74) is 0.961. The van der Waals surface area contributed by atoms with Crippen molar-refractivity contribution in [3.8, 4) is 0 Å². The van der Waals surface area contributed by atoms with Gasteiger partial charge in [0, 0.05) is 13.1 Å². The normalized spacial score (nSPS) is 20.7. The van der Waals surface area contributed by atoms with Crippen molar-refractivity contribution in [3.05, 3.63) is 29.8 Å². The third kappa shape index (κ3) is 5.83. The highest BCUT2D eigenvalue weighted by atomic mass is 32.2. The molecule has 1 aliphatic rings. The molecule has 0 N–H and O–H groups in total. The Hall–Kier alpha value is -1.89. The van der Waals surface area contributed by atoms with Crippen molar-refractivity contribution in [1.82, 2.24) is 4.90 Å². The van der Waals surface area contributed by atoms with Crippen LogP contribution < -0.4 is 0 Å². The van der Waals surface area contributed by atoms with Crippen molar-refractivity contribution in [2.45, 2.75) is 38.5 Å². The minimum atomic E-state index is -3.54. The fourth-order valence-electron chi connectivity index (χ4n) is 3.25. The lowest BCUT2D eigenvalue weighted by Gasteiger charge is -2.34. The van der Waals surface area contributed by atoms with E-state index in [1.165, 1.54) is 12.1 Å². The SMILES string of the molecule is Cc1ccc(S(=O)(=O)CCC(=O)OCC(=O)N2CC(C)CC(C)C2)cc1. The highest BCUT2D eigenvalue weighted by molar-refractivity contribution is 7.91. The van der Waals surface area contributed by atoms with Gasteiger partial charge in [-0.2, -0.15) is 0 Å². The Morgan fingerprint density at radius 3 is 2.27 bits per heavy atom. The van der Waals surface area contributed by atoms with Gasteiger partial charge in [-0.1, -0.05) is 31.5 Å². The zero-order valence-electron chi connectivity index (χ0n) is 15.6. The van der Waals surface area contributed by atoms with Crippen molar-refractivity contribution in [2.75, 3.05) is 25.4 Å². The lowest BCUT2D eigenvalue weighted by molar-refractivity contribution is -0.152. The first-order chi connectivity index (χ1) is 12.2. The Morgan fingerprint density at radius 1 is 1.12 bits per heavy atom. The zero-order valence-corrected chi connectivity index (χ0v) is 16.4. The van der Waals surface area contributed by atoms with Gasteiger partial charge in [0.1, 0.15) is 0 Å². The van der Waals surface area contributed by atoms with Gasteiger partial charge >= 0.3 is 5.97 Å². The van der Waals surface area contributed by atoms with Gasteiger partial charge in [-0.15, -0.1) is 0 Å². The second kappa shape index (κ2) is 8.66. The van der Waals surface area contributed by atoms with E-state index in [0.29, 0.717) is 24.9 Å². The van der Waals surface area contributed by atoms with Crippen molar-refractivity contribution < 1.29 is 22.7 Å². The average molecular weight is 381 g/mol. The number of esters is 1. The number of aryl methyl sites for hydroxylation is 1. The first-order valence-electron chi connectivity index (χ1n) is 8.90. The summed E-state index contributed by atoms with van der Waals surface area (Å²) in [6.07, 6.45) is 0.816. The monoisotopic (exact) mass is 381 g/mol. The van der Waals surface area contributed by atoms with Crippen LogP contribution in [0.5, 0.6) is 0 Å². The Labute approximate surface area is 155 Å². The van der Waals surface area contributed by atoms with Crippen molar-refractivity contribution in [3.63, 3.8) is 0 Å². The average Bonchev–Trinajstić information content (AvgIpc) is 2.57. The third-order valence-electron chi connectivity index (χ3n) is 4.53. The molecular weight excluding hydrogens is 354 g/mol. The van der Waals surface area contributed by atoms with Crippen molar-refractivity contribution in [2.24, 2.45) is 11.8 Å². The van der Waals surface area contributed by atoms with E-state index < -0.39 is 15.8 Å². The van der Waals surface area contributed by atoms with E-state index in [1.54, 1.807) is 17.0 Å². The molecule has 0 spiro atoms. The number of nitrogens with zero attached hydrogens (tertiary/aromatic N) is 1. The summed E-state index contributed by atoms with van der Waals surface area (Å²) >= 11 is 0. The van der Waals surface area contributed by atoms with Crippen LogP contribution in [-0.4, -0.2) is 50.6 Å². The van der Waals surface area contributed by atoms with E-state index in [4.69, 9.17) is 4.74 Å². The topological polar surface area (TPSA) is 80.7 Å². The van der Waals surface area contributed by atoms with Gasteiger partial charge in [-0.25, -0.2) is 8.42 Å². The largest absolute Gasteiger partial charge is 0.456 e. The Morgan fingerprint density at radius 2 is 1.69 bits per heavy atom. The van der Waals surface area contributed by atoms with Crippen LogP contribution in [0.3, 0.4) is 0 Å². The van der Waals surface area contributed by atoms with Gasteiger partial charge in [0.25, 0.3) is 5.91 Å². The molecule has 1 heterocycles. The van der Waals surface area contributed by atoms with E-state index >= 15 is 0 Å². The first-order valence-corrected chi connectivity index (χ1v) is 10.6.